The molecule has 9 heavy (non-hydrogen) atoms. The van der Waals surface area contributed by atoms with Gasteiger partial charge in [0.05, 0.1) is 0 Å². The van der Waals surface area contributed by atoms with Crippen molar-refractivity contribution in [2.24, 2.45) is 0 Å². The van der Waals surface area contributed by atoms with E-state index in [1.54, 1.807) is 0 Å². The van der Waals surface area contributed by atoms with Gasteiger partial charge >= 0.3 is 0 Å². The molecule has 0 aliphatic heterocycles. The molecule has 0 saturated carbocycles. The fourth-order valence-electron chi connectivity index (χ4n) is 0.251. The maximum Gasteiger partial charge on any atom is 0.238 e. The first-order chi connectivity index (χ1) is 4.09. The van der Waals surface area contributed by atoms with Gasteiger partial charge in [-0.05, 0) is 5.47 Å². The van der Waals surface area contributed by atoms with Crippen molar-refractivity contribution in [2.45, 2.75) is 0 Å². The van der Waals surface area contributed by atoms with Gasteiger partial charge in [0.2, 0.25) is 5.91 Å². The fraction of sp³-hybridized carbons (Fsp3) is 0.250. The number of hydrogen-bond acceptors (Lipinski definition) is 2. The number of aliphatic hydroxyl groups excluding tert-OH is 1. The van der Waals surface area contributed by atoms with Gasteiger partial charge in [-0.3, -0.25) is 4.79 Å². The first-order valence-corrected chi connectivity index (χ1v) is 2.26. The lowest BCUT2D eigenvalue weighted by molar-refractivity contribution is -0.116. The van der Waals surface area contributed by atoms with Crippen LogP contribution in [0.4, 0.5) is 0 Å². The van der Waals surface area contributed by atoms with E-state index in [9.17, 15) is 4.79 Å². The molecule has 0 rings (SSSR count). The van der Waals surface area contributed by atoms with E-state index in [1.807, 2.05) is 0 Å². The second kappa shape index (κ2) is 3.22. The average molecular weight is 121 g/mol. The van der Waals surface area contributed by atoms with Gasteiger partial charge in [-0.1, -0.05) is 0 Å². The number of amides is 1. The molecule has 0 aromatic rings. The van der Waals surface area contributed by atoms with Gasteiger partial charge in [0, 0.05) is 12.7 Å². The van der Waals surface area contributed by atoms with E-state index in [0.717, 1.165) is 0 Å². The molecule has 0 saturated heterocycles. The van der Waals surface area contributed by atoms with Crippen LogP contribution >= 0.6 is 0 Å². The lowest BCUT2D eigenvalue weighted by Crippen LogP contribution is -2.21. The molecule has 0 aromatic carbocycles. The molecule has 0 aliphatic carbocycles. The minimum Gasteiger partial charge on any atom is -0.524 e. The fourth-order valence-corrected chi connectivity index (χ4v) is 0.251. The normalized spacial score (nSPS) is 12.1. The summed E-state index contributed by atoms with van der Waals surface area (Å²) in [5.74, 6) is -0.588. The van der Waals surface area contributed by atoms with Crippen LogP contribution in [-0.2, 0) is 4.79 Å². The van der Waals surface area contributed by atoms with E-state index >= 15 is 0 Å². The Kier molecular flexibility index (Phi) is 2.91. The second-order valence-corrected chi connectivity index (χ2v) is 1.38. The Labute approximate surface area is 56.0 Å². The molecular formula is C4H5B2NO2. The quantitative estimate of drug-likeness (QED) is 0.260. The summed E-state index contributed by atoms with van der Waals surface area (Å²) < 4.78 is 0. The van der Waals surface area contributed by atoms with Crippen molar-refractivity contribution in [1.29, 1.82) is 0 Å². The summed E-state index contributed by atoms with van der Waals surface area (Å²) in [5, 5.41) is 10.6. The van der Waals surface area contributed by atoms with Crippen molar-refractivity contribution in [2.75, 3.05) is 7.05 Å². The Morgan fingerprint density at radius 1 is 1.56 bits per heavy atom. The highest BCUT2D eigenvalue weighted by molar-refractivity contribution is 6.41. The summed E-state index contributed by atoms with van der Waals surface area (Å²) in [6.45, 7) is 0. The van der Waals surface area contributed by atoms with Crippen LogP contribution in [-0.4, -0.2) is 33.8 Å². The first kappa shape index (κ1) is 8.14. The summed E-state index contributed by atoms with van der Waals surface area (Å²) in [6.07, 6.45) is 0. The molecule has 0 atom stereocenters. The summed E-state index contributed by atoms with van der Waals surface area (Å²) in [7, 11) is 11.1. The molecule has 1 amide bonds. The topological polar surface area (TPSA) is 49.3 Å². The van der Waals surface area contributed by atoms with Gasteiger partial charge in [-0.25, -0.2) is 0 Å². The molecule has 2 N–H and O–H groups in total. The number of rotatable bonds is 1. The maximum absolute atomic E-state index is 10.4. The summed E-state index contributed by atoms with van der Waals surface area (Å²) in [6, 6.07) is 0. The van der Waals surface area contributed by atoms with E-state index in [1.165, 1.54) is 7.05 Å². The van der Waals surface area contributed by atoms with Crippen molar-refractivity contribution < 1.29 is 9.90 Å². The zero-order chi connectivity index (χ0) is 7.44. The standard InChI is InChI=1S/C4H5B2NO2/c1-7-4(9)2(5)3(6)8/h8H,1H3,(H,7,9)/b3-2-. The highest BCUT2D eigenvalue weighted by atomic mass is 16.3. The van der Waals surface area contributed by atoms with Crippen LogP contribution in [0.5, 0.6) is 0 Å². The molecule has 44 valence electrons. The molecule has 0 aromatic heterocycles. The van der Waals surface area contributed by atoms with Gasteiger partial charge in [0.15, 0.2) is 7.85 Å². The van der Waals surface area contributed by atoms with Crippen molar-refractivity contribution in [1.82, 2.24) is 5.32 Å². The minimum absolute atomic E-state index is 0.363. The number of nitrogens with one attached hydrogen (secondary N) is 1. The largest absolute Gasteiger partial charge is 0.524 e. The average Bonchev–Trinajstić information content (AvgIpc) is 1.84. The maximum atomic E-state index is 10.4. The molecule has 4 radical (unpaired) electrons. The van der Waals surface area contributed by atoms with Crippen molar-refractivity contribution >= 4 is 21.6 Å². The number of carbonyl (C=O) groups excluding carboxylic acids is 1. The summed E-state index contributed by atoms with van der Waals surface area (Å²) in [4.78, 5) is 10.4. The van der Waals surface area contributed by atoms with Crippen LogP contribution in [0.15, 0.2) is 11.1 Å². The van der Waals surface area contributed by atoms with Crippen LogP contribution in [0.25, 0.3) is 0 Å². The van der Waals surface area contributed by atoms with Crippen LogP contribution in [0.2, 0.25) is 0 Å². The Hall–Kier alpha value is -0.860. The van der Waals surface area contributed by atoms with Crippen LogP contribution in [0.1, 0.15) is 0 Å². The predicted octanol–water partition coefficient (Wildman–Crippen LogP) is -1.20. The lowest BCUT2D eigenvalue weighted by Gasteiger charge is -1.99. The number of carbonyl (C=O) groups is 1. The molecular weight excluding hydrogens is 116 g/mol. The van der Waals surface area contributed by atoms with E-state index < -0.39 is 11.6 Å². The monoisotopic (exact) mass is 121 g/mol. The van der Waals surface area contributed by atoms with Crippen LogP contribution in [0.3, 0.4) is 0 Å². The SMILES string of the molecule is [B]/C(O)=C(/[B])C(=O)NC. The Bertz CT molecular complexity index is 151. The predicted molar refractivity (Wildman–Crippen MR) is 35.2 cm³/mol. The molecule has 0 fully saturated rings. The first-order valence-electron chi connectivity index (χ1n) is 2.26. The van der Waals surface area contributed by atoms with Crippen molar-refractivity contribution in [3.05, 3.63) is 11.1 Å². The second-order valence-electron chi connectivity index (χ2n) is 1.38. The van der Waals surface area contributed by atoms with Crippen LogP contribution in [0, 0.1) is 0 Å². The lowest BCUT2D eigenvalue weighted by atomic mass is 9.86. The Morgan fingerprint density at radius 2 is 2.00 bits per heavy atom. The molecule has 5 heteroatoms. The number of aliphatic hydroxyl groups is 1. The number of likely N-dealkylation sites (N-methyl/N-ethyl adjacent to an activating group) is 1. The molecule has 3 nitrogen and oxygen atoms in total. The Balaban J connectivity index is 4.21. The third-order valence-corrected chi connectivity index (χ3v) is 0.748. The third-order valence-electron chi connectivity index (χ3n) is 0.748. The Morgan fingerprint density at radius 3 is 2.11 bits per heavy atom. The van der Waals surface area contributed by atoms with Crippen molar-refractivity contribution in [3.63, 3.8) is 0 Å². The van der Waals surface area contributed by atoms with Gasteiger partial charge in [-0.15, -0.1) is 0 Å². The van der Waals surface area contributed by atoms with Gasteiger partial charge < -0.3 is 10.4 Å². The summed E-state index contributed by atoms with van der Waals surface area (Å²) in [5.41, 5.74) is -1.02. The molecule has 0 spiro atoms. The molecule has 0 unspecified atom stereocenters. The summed E-state index contributed by atoms with van der Waals surface area (Å²) >= 11 is 0. The molecule has 0 heterocycles. The smallest absolute Gasteiger partial charge is 0.238 e. The zero-order valence-corrected chi connectivity index (χ0v) is 5.01. The van der Waals surface area contributed by atoms with E-state index in [4.69, 9.17) is 20.8 Å². The van der Waals surface area contributed by atoms with E-state index in [-0.39, 0.29) is 5.47 Å². The van der Waals surface area contributed by atoms with Gasteiger partial charge in [0.1, 0.15) is 7.85 Å². The minimum atomic E-state index is -0.658. The van der Waals surface area contributed by atoms with E-state index in [2.05, 4.69) is 5.32 Å². The van der Waals surface area contributed by atoms with Gasteiger partial charge in [0.25, 0.3) is 0 Å². The zero-order valence-electron chi connectivity index (χ0n) is 5.01. The van der Waals surface area contributed by atoms with Crippen LogP contribution < -0.4 is 5.32 Å². The van der Waals surface area contributed by atoms with Gasteiger partial charge in [-0.2, -0.15) is 0 Å². The molecule has 0 aliphatic rings. The number of hydrogen-bond donors (Lipinski definition) is 2. The highest BCUT2D eigenvalue weighted by Crippen LogP contribution is 1.89. The van der Waals surface area contributed by atoms with Crippen molar-refractivity contribution in [3.8, 4) is 0 Å². The molecule has 0 bridgehead atoms. The highest BCUT2D eigenvalue weighted by Gasteiger charge is 2.01. The van der Waals surface area contributed by atoms with E-state index in [0.29, 0.717) is 0 Å². The third kappa shape index (κ3) is 2.26.